The van der Waals surface area contributed by atoms with E-state index in [1.165, 1.54) is 0 Å². The largest absolute Gasteiger partial charge is 0.391 e. The average molecular weight is 305 g/mol. The number of hydrogen-bond acceptors (Lipinski definition) is 4. The molecule has 1 fully saturated rings. The summed E-state index contributed by atoms with van der Waals surface area (Å²) in [5.74, 6) is -0.449. The minimum Gasteiger partial charge on any atom is -0.360 e. The molecule has 1 aromatic rings. The molecule has 1 N–H and O–H groups in total. The Bertz CT molecular complexity index is 437. The third-order valence-corrected chi connectivity index (χ3v) is 3.73. The van der Waals surface area contributed by atoms with Crippen LogP contribution >= 0.6 is 0 Å². The lowest BCUT2D eigenvalue weighted by Crippen LogP contribution is -2.38. The van der Waals surface area contributed by atoms with Crippen LogP contribution in [0.2, 0.25) is 0 Å². The van der Waals surface area contributed by atoms with Gasteiger partial charge in [0.15, 0.2) is 5.76 Å². The fourth-order valence-electron chi connectivity index (χ4n) is 2.46. The number of alkyl halides is 3. The standard InChI is InChI=1S/C14H22F3N3O/c1-10(2)18-8-12-7-13(21-19-12)9-20-5-3-11(4-6-20)14(15,16)17/h7,10-11,18H,3-6,8-9H2,1-2H3. The molecule has 0 amide bonds. The normalized spacial score (nSPS) is 18.6. The molecule has 0 radical (unpaired) electrons. The van der Waals surface area contributed by atoms with Crippen molar-refractivity contribution < 1.29 is 17.7 Å². The summed E-state index contributed by atoms with van der Waals surface area (Å²) in [6.07, 6.45) is -3.73. The van der Waals surface area contributed by atoms with Crippen LogP contribution in [0, 0.1) is 5.92 Å². The van der Waals surface area contributed by atoms with Crippen molar-refractivity contribution in [3.05, 3.63) is 17.5 Å². The van der Waals surface area contributed by atoms with Gasteiger partial charge in [-0.05, 0) is 25.9 Å². The summed E-state index contributed by atoms with van der Waals surface area (Å²) < 4.78 is 43.0. The molecule has 2 rings (SSSR count). The first-order chi connectivity index (χ1) is 9.84. The van der Waals surface area contributed by atoms with Crippen molar-refractivity contribution in [2.45, 2.75) is 52.0 Å². The summed E-state index contributed by atoms with van der Waals surface area (Å²) in [4.78, 5) is 1.99. The molecule has 1 aliphatic heterocycles. The highest BCUT2D eigenvalue weighted by Gasteiger charge is 2.41. The van der Waals surface area contributed by atoms with E-state index in [0.29, 0.717) is 38.0 Å². The molecule has 1 aliphatic rings. The molecule has 0 unspecified atom stereocenters. The highest BCUT2D eigenvalue weighted by Crippen LogP contribution is 2.34. The Kier molecular flexibility index (Phi) is 5.27. The van der Waals surface area contributed by atoms with E-state index >= 15 is 0 Å². The fourth-order valence-corrected chi connectivity index (χ4v) is 2.46. The van der Waals surface area contributed by atoms with Gasteiger partial charge in [-0.3, -0.25) is 4.90 Å². The molecule has 0 aromatic carbocycles. The molecular weight excluding hydrogens is 283 g/mol. The van der Waals surface area contributed by atoms with E-state index in [9.17, 15) is 13.2 Å². The number of halogens is 3. The van der Waals surface area contributed by atoms with Gasteiger partial charge in [-0.25, -0.2) is 0 Å². The van der Waals surface area contributed by atoms with Crippen molar-refractivity contribution in [2.24, 2.45) is 5.92 Å². The second-order valence-electron chi connectivity index (χ2n) is 5.91. The van der Waals surface area contributed by atoms with Crippen molar-refractivity contribution in [3.8, 4) is 0 Å². The van der Waals surface area contributed by atoms with Crippen LogP contribution in [0.5, 0.6) is 0 Å². The molecule has 21 heavy (non-hydrogen) atoms. The molecule has 120 valence electrons. The van der Waals surface area contributed by atoms with Crippen molar-refractivity contribution >= 4 is 0 Å². The van der Waals surface area contributed by atoms with Gasteiger partial charge < -0.3 is 9.84 Å². The number of piperidine rings is 1. The first kappa shape index (κ1) is 16.3. The average Bonchev–Trinajstić information content (AvgIpc) is 2.83. The van der Waals surface area contributed by atoms with E-state index < -0.39 is 12.1 Å². The smallest absolute Gasteiger partial charge is 0.360 e. The number of hydrogen-bond donors (Lipinski definition) is 1. The van der Waals surface area contributed by atoms with Crippen LogP contribution in [0.25, 0.3) is 0 Å². The van der Waals surface area contributed by atoms with Crippen molar-refractivity contribution in [1.82, 2.24) is 15.4 Å². The number of rotatable bonds is 5. The van der Waals surface area contributed by atoms with Crippen molar-refractivity contribution in [2.75, 3.05) is 13.1 Å². The van der Waals surface area contributed by atoms with Gasteiger partial charge in [0.1, 0.15) is 0 Å². The monoisotopic (exact) mass is 305 g/mol. The molecule has 4 nitrogen and oxygen atoms in total. The van der Waals surface area contributed by atoms with Gasteiger partial charge in [0.05, 0.1) is 18.2 Å². The first-order valence-corrected chi connectivity index (χ1v) is 7.31. The molecule has 0 bridgehead atoms. The van der Waals surface area contributed by atoms with Crippen LogP contribution in [-0.4, -0.2) is 35.4 Å². The molecule has 0 aliphatic carbocycles. The van der Waals surface area contributed by atoms with Crippen LogP contribution in [0.1, 0.15) is 38.1 Å². The van der Waals surface area contributed by atoms with Crippen LogP contribution in [0.3, 0.4) is 0 Å². The van der Waals surface area contributed by atoms with Gasteiger partial charge in [0, 0.05) is 18.7 Å². The van der Waals surface area contributed by atoms with Crippen LogP contribution in [-0.2, 0) is 13.1 Å². The van der Waals surface area contributed by atoms with Crippen LogP contribution < -0.4 is 5.32 Å². The summed E-state index contributed by atoms with van der Waals surface area (Å²) in [6, 6.07) is 2.23. The zero-order chi connectivity index (χ0) is 15.5. The Hall–Kier alpha value is -1.08. The lowest BCUT2D eigenvalue weighted by Gasteiger charge is -2.32. The zero-order valence-electron chi connectivity index (χ0n) is 12.4. The van der Waals surface area contributed by atoms with E-state index in [4.69, 9.17) is 4.52 Å². The van der Waals surface area contributed by atoms with E-state index in [0.717, 1.165) is 5.69 Å². The van der Waals surface area contributed by atoms with E-state index in [2.05, 4.69) is 10.5 Å². The molecular formula is C14H22F3N3O. The molecule has 0 atom stereocenters. The van der Waals surface area contributed by atoms with Gasteiger partial charge in [-0.15, -0.1) is 0 Å². The Morgan fingerprint density at radius 1 is 1.38 bits per heavy atom. The summed E-state index contributed by atoms with van der Waals surface area (Å²) in [5, 5.41) is 7.20. The predicted octanol–water partition coefficient (Wildman–Crippen LogP) is 2.95. The summed E-state index contributed by atoms with van der Waals surface area (Å²) in [6.45, 7) is 6.16. The molecule has 1 aromatic heterocycles. The van der Waals surface area contributed by atoms with E-state index in [-0.39, 0.29) is 12.8 Å². The van der Waals surface area contributed by atoms with Crippen molar-refractivity contribution in [3.63, 3.8) is 0 Å². The summed E-state index contributed by atoms with van der Waals surface area (Å²) in [5.41, 5.74) is 0.823. The number of nitrogens with zero attached hydrogens (tertiary/aromatic N) is 2. The molecule has 2 heterocycles. The van der Waals surface area contributed by atoms with Gasteiger partial charge >= 0.3 is 6.18 Å². The Balaban J connectivity index is 1.78. The molecule has 1 saturated heterocycles. The Labute approximate surface area is 122 Å². The van der Waals surface area contributed by atoms with Crippen LogP contribution in [0.4, 0.5) is 13.2 Å². The maximum atomic E-state index is 12.6. The van der Waals surface area contributed by atoms with Gasteiger partial charge in [-0.1, -0.05) is 19.0 Å². The van der Waals surface area contributed by atoms with Gasteiger partial charge in [0.2, 0.25) is 0 Å². The minimum atomic E-state index is -4.06. The second kappa shape index (κ2) is 6.79. The lowest BCUT2D eigenvalue weighted by atomic mass is 9.96. The Morgan fingerprint density at radius 2 is 2.05 bits per heavy atom. The minimum absolute atomic E-state index is 0.166. The quantitative estimate of drug-likeness (QED) is 0.908. The van der Waals surface area contributed by atoms with Crippen molar-refractivity contribution in [1.29, 1.82) is 0 Å². The number of aromatic nitrogens is 1. The third kappa shape index (κ3) is 5.00. The lowest BCUT2D eigenvalue weighted by molar-refractivity contribution is -0.185. The van der Waals surface area contributed by atoms with E-state index in [1.807, 2.05) is 24.8 Å². The Morgan fingerprint density at radius 3 is 2.62 bits per heavy atom. The highest BCUT2D eigenvalue weighted by atomic mass is 19.4. The second-order valence-corrected chi connectivity index (χ2v) is 5.91. The zero-order valence-corrected chi connectivity index (χ0v) is 12.4. The molecule has 7 heteroatoms. The van der Waals surface area contributed by atoms with E-state index in [1.54, 1.807) is 0 Å². The SMILES string of the molecule is CC(C)NCc1cc(CN2CCC(C(F)(F)F)CC2)on1. The first-order valence-electron chi connectivity index (χ1n) is 7.31. The number of likely N-dealkylation sites (tertiary alicyclic amines) is 1. The summed E-state index contributed by atoms with van der Waals surface area (Å²) in [7, 11) is 0. The topological polar surface area (TPSA) is 41.3 Å². The third-order valence-electron chi connectivity index (χ3n) is 3.73. The predicted molar refractivity (Wildman–Crippen MR) is 72.5 cm³/mol. The molecule has 0 spiro atoms. The van der Waals surface area contributed by atoms with Crippen LogP contribution in [0.15, 0.2) is 10.6 Å². The highest BCUT2D eigenvalue weighted by molar-refractivity contribution is 5.05. The fraction of sp³-hybridized carbons (Fsp3) is 0.786. The number of nitrogens with one attached hydrogen (secondary N) is 1. The van der Waals surface area contributed by atoms with Gasteiger partial charge in [0.25, 0.3) is 0 Å². The maximum Gasteiger partial charge on any atom is 0.391 e. The summed E-state index contributed by atoms with van der Waals surface area (Å²) >= 11 is 0. The maximum absolute atomic E-state index is 12.6. The van der Waals surface area contributed by atoms with Gasteiger partial charge in [-0.2, -0.15) is 13.2 Å². The molecule has 0 saturated carbocycles.